The van der Waals surface area contributed by atoms with Crippen LogP contribution in [0.25, 0.3) is 27.9 Å². The summed E-state index contributed by atoms with van der Waals surface area (Å²) in [6.07, 6.45) is 5.36. The minimum atomic E-state index is -0.966. The van der Waals surface area contributed by atoms with Gasteiger partial charge in [-0.2, -0.15) is 0 Å². The second-order valence-electron chi connectivity index (χ2n) is 19.7. The number of urea groups is 1. The normalized spacial score (nSPS) is 23.7. The van der Waals surface area contributed by atoms with Gasteiger partial charge in [0, 0.05) is 87.9 Å². The van der Waals surface area contributed by atoms with E-state index in [-0.39, 0.29) is 54.3 Å². The lowest BCUT2D eigenvalue weighted by atomic mass is 9.84. The van der Waals surface area contributed by atoms with E-state index in [0.717, 1.165) is 70.6 Å². The molecular formula is C49H71N9O6S. The highest BCUT2D eigenvalue weighted by atomic mass is 32.2. The number of esters is 1. The van der Waals surface area contributed by atoms with Crippen molar-refractivity contribution in [1.29, 1.82) is 0 Å². The number of rotatable bonds is 10. The van der Waals surface area contributed by atoms with Crippen LogP contribution in [-0.4, -0.2) is 149 Å². The van der Waals surface area contributed by atoms with Crippen LogP contribution in [0, 0.1) is 11.3 Å². The van der Waals surface area contributed by atoms with Gasteiger partial charge in [0.1, 0.15) is 18.1 Å². The quantitative estimate of drug-likeness (QED) is 0.220. The van der Waals surface area contributed by atoms with E-state index >= 15 is 0 Å². The molecule has 4 amide bonds. The van der Waals surface area contributed by atoms with Crippen LogP contribution in [0.15, 0.2) is 41.9 Å². The number of fused-ring (bicyclic) bond motifs is 6. The number of aryl methyl sites for hydroxylation is 1. The lowest BCUT2D eigenvalue weighted by molar-refractivity contribution is -0.155. The number of likely N-dealkylation sites (N-methyl/N-ethyl adjacent to an activating group) is 2. The number of thioether (sulfide) groups is 1. The van der Waals surface area contributed by atoms with E-state index in [0.29, 0.717) is 32.4 Å². The molecule has 4 aliphatic rings. The number of benzene rings is 1. The van der Waals surface area contributed by atoms with Gasteiger partial charge in [-0.05, 0) is 107 Å². The van der Waals surface area contributed by atoms with Crippen LogP contribution < -0.4 is 10.7 Å². The number of nitrogens with one attached hydrogen (secondary N) is 2. The molecule has 0 aliphatic carbocycles. The zero-order valence-electron chi connectivity index (χ0n) is 40.3. The number of ether oxygens (including phenoxy) is 2. The van der Waals surface area contributed by atoms with Crippen molar-refractivity contribution in [1.82, 2.24) is 44.9 Å². The van der Waals surface area contributed by atoms with Crippen LogP contribution in [0.2, 0.25) is 0 Å². The van der Waals surface area contributed by atoms with Gasteiger partial charge in [0.25, 0.3) is 5.91 Å². The van der Waals surface area contributed by atoms with Gasteiger partial charge >= 0.3 is 12.0 Å². The Balaban J connectivity index is 1.26. The minimum Gasteiger partial charge on any atom is -0.464 e. The summed E-state index contributed by atoms with van der Waals surface area (Å²) >= 11 is 1.62. The predicted molar refractivity (Wildman–Crippen MR) is 256 cm³/mol. The summed E-state index contributed by atoms with van der Waals surface area (Å²) in [5.41, 5.74) is 9.93. The molecule has 6 bridgehead atoms. The second-order valence-corrected chi connectivity index (χ2v) is 20.8. The molecular weight excluding hydrogens is 843 g/mol. The van der Waals surface area contributed by atoms with Crippen LogP contribution in [0.1, 0.15) is 96.6 Å². The number of carbonyl (C=O) groups is 4. The van der Waals surface area contributed by atoms with E-state index in [2.05, 4.69) is 75.6 Å². The lowest BCUT2D eigenvalue weighted by Crippen LogP contribution is -2.62. The molecule has 0 radical (unpaired) electrons. The van der Waals surface area contributed by atoms with Crippen molar-refractivity contribution < 1.29 is 28.7 Å². The summed E-state index contributed by atoms with van der Waals surface area (Å²) in [4.78, 5) is 70.0. The Labute approximate surface area is 389 Å². The van der Waals surface area contributed by atoms with Crippen molar-refractivity contribution >= 4 is 52.2 Å². The standard InChI is InChI=1S/C49H71N9O6S/c1-12-56-39-20-19-32-24-35(39)36(44(56)34-17-13-21-50-42(34)31(4)63-11)26-49(5,6)29-64-47(61)37-18-15-23-58(52-37)46(60)38(25-41-54(9)40(32)28-65-41)51-45(59)43(30(2)3)55(10)48(62)57-22-14-16-33(57)27-53(7)8/h13,17,19-21,24,28,30-31,33,37-38,41,43,52H,12,14-16,18,22-23,25-27,29H2,1-11H3,(H,51,59)/t31-,33-,37-,38-,41?,43-/m0/s1. The van der Waals surface area contributed by atoms with Gasteiger partial charge in [-0.1, -0.05) is 33.8 Å². The molecule has 16 heteroatoms. The van der Waals surface area contributed by atoms with Crippen LogP contribution in [-0.2, 0) is 36.8 Å². The minimum absolute atomic E-state index is 0.0614. The number of pyridine rings is 1. The monoisotopic (exact) mass is 914 g/mol. The van der Waals surface area contributed by atoms with Crippen LogP contribution in [0.5, 0.6) is 0 Å². The molecule has 1 unspecified atom stereocenters. The zero-order valence-corrected chi connectivity index (χ0v) is 41.2. The number of methoxy groups -OCH3 is 1. The summed E-state index contributed by atoms with van der Waals surface area (Å²) in [6, 6.07) is 8.04. The average Bonchev–Trinajstić information content (AvgIpc) is 3.98. The summed E-state index contributed by atoms with van der Waals surface area (Å²) in [7, 11) is 9.44. The number of cyclic esters (lactones) is 1. The molecule has 0 spiro atoms. The molecule has 1 aromatic carbocycles. The fourth-order valence-corrected chi connectivity index (χ4v) is 11.4. The largest absolute Gasteiger partial charge is 0.464 e. The van der Waals surface area contributed by atoms with Crippen LogP contribution >= 0.6 is 11.8 Å². The number of hydrogen-bond donors (Lipinski definition) is 2. The molecule has 6 heterocycles. The molecule has 3 aromatic rings. The highest BCUT2D eigenvalue weighted by molar-refractivity contribution is 8.03. The van der Waals surface area contributed by atoms with Gasteiger partial charge in [0.2, 0.25) is 5.91 Å². The Hall–Kier alpha value is -4.64. The highest BCUT2D eigenvalue weighted by Crippen LogP contribution is 2.44. The SMILES string of the molecule is CCn1c(-c2cccnc2[C@H](C)OC)c2c3cc(ccc31)C1=CSC(C[C@H](NC(=O)[C@H](C(C)C)N(C)C(=O)N3CCC[C@H]3CN(C)C)C(=O)N3CCC[C@H](N3)C(=O)OCC(C)(C)C2)N1C. The van der Waals surface area contributed by atoms with Crippen molar-refractivity contribution in [2.75, 3.05) is 61.5 Å². The molecule has 7 rings (SSSR count). The first-order chi connectivity index (χ1) is 30.9. The number of aromatic nitrogens is 2. The molecule has 15 nitrogen and oxygen atoms in total. The van der Waals surface area contributed by atoms with E-state index in [9.17, 15) is 19.2 Å². The summed E-state index contributed by atoms with van der Waals surface area (Å²) in [5, 5.41) is 7.68. The smallest absolute Gasteiger partial charge is 0.324 e. The van der Waals surface area contributed by atoms with Gasteiger partial charge in [-0.15, -0.1) is 11.8 Å². The Morgan fingerprint density at radius 3 is 2.55 bits per heavy atom. The maximum absolute atomic E-state index is 14.8. The highest BCUT2D eigenvalue weighted by Gasteiger charge is 2.41. The first-order valence-electron chi connectivity index (χ1n) is 23.4. The van der Waals surface area contributed by atoms with E-state index < -0.39 is 29.5 Å². The van der Waals surface area contributed by atoms with Crippen LogP contribution in [0.3, 0.4) is 0 Å². The van der Waals surface area contributed by atoms with Crippen molar-refractivity contribution in [3.8, 4) is 11.3 Å². The third-order valence-electron chi connectivity index (χ3n) is 13.6. The number of nitrogens with zero attached hydrogens (tertiary/aromatic N) is 7. The molecule has 2 N–H and O–H groups in total. The van der Waals surface area contributed by atoms with Gasteiger partial charge in [0.05, 0.1) is 35.2 Å². The van der Waals surface area contributed by atoms with Crippen LogP contribution in [0.4, 0.5) is 4.79 Å². The summed E-state index contributed by atoms with van der Waals surface area (Å²) in [5.74, 6) is -1.38. The first kappa shape index (κ1) is 48.3. The van der Waals surface area contributed by atoms with Gasteiger partial charge < -0.3 is 39.0 Å². The first-order valence-corrected chi connectivity index (χ1v) is 24.3. The fraction of sp³-hybridized carbons (Fsp3) is 0.612. The number of amides is 4. The number of hydrogen-bond acceptors (Lipinski definition) is 11. The summed E-state index contributed by atoms with van der Waals surface area (Å²) < 4.78 is 14.3. The number of carbonyl (C=O) groups excluding carboxylic acids is 4. The Morgan fingerprint density at radius 1 is 1.09 bits per heavy atom. The third kappa shape index (κ3) is 10.1. The fourth-order valence-electron chi connectivity index (χ4n) is 10.2. The molecule has 2 fully saturated rings. The Bertz CT molecular complexity index is 2280. The Kier molecular flexibility index (Phi) is 14.9. The lowest BCUT2D eigenvalue weighted by Gasteiger charge is -2.38. The van der Waals surface area contributed by atoms with Crippen molar-refractivity contribution in [3.63, 3.8) is 0 Å². The van der Waals surface area contributed by atoms with E-state index in [1.165, 1.54) is 5.01 Å². The molecule has 354 valence electrons. The molecule has 0 saturated carbocycles. The molecule has 2 saturated heterocycles. The summed E-state index contributed by atoms with van der Waals surface area (Å²) in [6.45, 7) is 14.9. The molecule has 6 atom stereocenters. The molecule has 2 aromatic heterocycles. The third-order valence-corrected chi connectivity index (χ3v) is 14.8. The van der Waals surface area contributed by atoms with E-state index in [1.807, 2.05) is 59.1 Å². The maximum atomic E-state index is 14.8. The topological polar surface area (TPSA) is 145 Å². The number of hydrazine groups is 1. The average molecular weight is 914 g/mol. The van der Waals surface area contributed by atoms with E-state index in [1.54, 1.807) is 30.8 Å². The van der Waals surface area contributed by atoms with Gasteiger partial charge in [-0.25, -0.2) is 10.2 Å². The molecule has 65 heavy (non-hydrogen) atoms. The number of likely N-dealkylation sites (tertiary alicyclic amines) is 1. The van der Waals surface area contributed by atoms with Gasteiger partial charge in [-0.3, -0.25) is 24.4 Å². The maximum Gasteiger partial charge on any atom is 0.324 e. The Morgan fingerprint density at radius 2 is 1.85 bits per heavy atom. The zero-order chi connectivity index (χ0) is 46.9. The predicted octanol–water partition coefficient (Wildman–Crippen LogP) is 6.33. The van der Waals surface area contributed by atoms with Crippen molar-refractivity contribution in [2.45, 2.75) is 122 Å². The second kappa shape index (κ2) is 20.1. The van der Waals surface area contributed by atoms with Crippen molar-refractivity contribution in [2.24, 2.45) is 11.3 Å². The van der Waals surface area contributed by atoms with Gasteiger partial charge in [0.15, 0.2) is 0 Å². The van der Waals surface area contributed by atoms with E-state index in [4.69, 9.17) is 14.5 Å². The molecule has 4 aliphatic heterocycles. The van der Waals surface area contributed by atoms with Crippen molar-refractivity contribution in [3.05, 3.63) is 58.8 Å².